The third kappa shape index (κ3) is 3.79. The molecule has 0 radical (unpaired) electrons. The summed E-state index contributed by atoms with van der Waals surface area (Å²) in [5, 5.41) is 0. The topological polar surface area (TPSA) is 27.7 Å². The normalized spacial score (nSPS) is 26.2. The molecule has 0 aromatic heterocycles. The molecule has 0 unspecified atom stereocenters. The number of hydrogen-bond acceptors (Lipinski definition) is 3. The summed E-state index contributed by atoms with van der Waals surface area (Å²) in [6.07, 6.45) is 5.59. The predicted octanol–water partition coefficient (Wildman–Crippen LogP) is 4.51. The number of ether oxygens (including phenoxy) is 3. The first kappa shape index (κ1) is 16.8. The van der Waals surface area contributed by atoms with Crippen molar-refractivity contribution < 1.29 is 14.2 Å². The minimum absolute atomic E-state index is 0.112. The van der Waals surface area contributed by atoms with Gasteiger partial charge in [0, 0.05) is 11.5 Å². The van der Waals surface area contributed by atoms with Crippen LogP contribution >= 0.6 is 0 Å². The number of methoxy groups -OCH3 is 1. The van der Waals surface area contributed by atoms with Gasteiger partial charge in [0.15, 0.2) is 6.29 Å². The van der Waals surface area contributed by atoms with Crippen molar-refractivity contribution in [3.63, 3.8) is 0 Å². The molecule has 4 atom stereocenters. The van der Waals surface area contributed by atoms with Gasteiger partial charge in [-0.1, -0.05) is 31.2 Å². The molecule has 0 N–H and O–H groups in total. The van der Waals surface area contributed by atoms with Crippen molar-refractivity contribution in [1.82, 2.24) is 0 Å². The Morgan fingerprint density at radius 1 is 1.32 bits per heavy atom. The zero-order valence-corrected chi connectivity index (χ0v) is 13.5. The summed E-state index contributed by atoms with van der Waals surface area (Å²) in [6, 6.07) is 7.82. The fourth-order valence-corrected chi connectivity index (χ4v) is 2.98. The first-order valence-electron chi connectivity index (χ1n) is 7.87. The van der Waals surface area contributed by atoms with Gasteiger partial charge < -0.3 is 14.2 Å². The quantitative estimate of drug-likeness (QED) is 0.693. The fraction of sp³-hybridized carbons (Fsp3) is 0.474. The van der Waals surface area contributed by atoms with Gasteiger partial charge in [0.25, 0.3) is 0 Å². The smallest absolute Gasteiger partial charge is 0.184 e. The van der Waals surface area contributed by atoms with Gasteiger partial charge in [-0.2, -0.15) is 0 Å². The van der Waals surface area contributed by atoms with Gasteiger partial charge in [0.1, 0.15) is 5.75 Å². The first-order chi connectivity index (χ1) is 10.7. The second-order valence-electron chi connectivity index (χ2n) is 5.61. The standard InChI is InChI=1S/C19H26O3/c1-5-8-18-17(14(6-2)7-3)13-21-19(22-18)15-9-11-16(20-4)12-10-15/h5-6,9-12,14,17-19H,1-2,7-8,13H2,3-4H3/t14-,17+,18+,19-/m1/s1. The number of benzene rings is 1. The van der Waals surface area contributed by atoms with E-state index in [4.69, 9.17) is 14.2 Å². The zero-order chi connectivity index (χ0) is 15.9. The van der Waals surface area contributed by atoms with Crippen molar-refractivity contribution in [2.75, 3.05) is 13.7 Å². The molecule has 1 fully saturated rings. The van der Waals surface area contributed by atoms with Crippen LogP contribution in [0.4, 0.5) is 0 Å². The predicted molar refractivity (Wildman–Crippen MR) is 88.8 cm³/mol. The molecular weight excluding hydrogens is 276 g/mol. The van der Waals surface area contributed by atoms with Crippen LogP contribution in [-0.4, -0.2) is 19.8 Å². The lowest BCUT2D eigenvalue weighted by molar-refractivity contribution is -0.246. The van der Waals surface area contributed by atoms with E-state index in [-0.39, 0.29) is 12.4 Å². The van der Waals surface area contributed by atoms with Gasteiger partial charge in [0.05, 0.1) is 19.8 Å². The van der Waals surface area contributed by atoms with Crippen molar-refractivity contribution in [2.24, 2.45) is 11.8 Å². The van der Waals surface area contributed by atoms with Crippen LogP contribution in [-0.2, 0) is 9.47 Å². The highest BCUT2D eigenvalue weighted by molar-refractivity contribution is 5.28. The summed E-state index contributed by atoms with van der Waals surface area (Å²) < 4.78 is 17.4. The van der Waals surface area contributed by atoms with Crippen LogP contribution in [0.5, 0.6) is 5.75 Å². The van der Waals surface area contributed by atoms with E-state index in [9.17, 15) is 0 Å². The Morgan fingerprint density at radius 2 is 2.05 bits per heavy atom. The van der Waals surface area contributed by atoms with Gasteiger partial charge >= 0.3 is 0 Å². The van der Waals surface area contributed by atoms with E-state index in [0.29, 0.717) is 18.4 Å². The van der Waals surface area contributed by atoms with Crippen LogP contribution in [0.3, 0.4) is 0 Å². The highest BCUT2D eigenvalue weighted by atomic mass is 16.7. The van der Waals surface area contributed by atoms with Crippen LogP contribution in [0.15, 0.2) is 49.6 Å². The average molecular weight is 302 g/mol. The van der Waals surface area contributed by atoms with Crippen LogP contribution < -0.4 is 4.74 Å². The van der Waals surface area contributed by atoms with Gasteiger partial charge in [-0.05, 0) is 30.9 Å². The lowest BCUT2D eigenvalue weighted by Crippen LogP contribution is -2.39. The maximum atomic E-state index is 6.20. The monoisotopic (exact) mass is 302 g/mol. The molecule has 1 aromatic carbocycles. The highest BCUT2D eigenvalue weighted by Gasteiger charge is 2.35. The van der Waals surface area contributed by atoms with E-state index in [2.05, 4.69) is 20.1 Å². The second kappa shape index (κ2) is 8.16. The van der Waals surface area contributed by atoms with E-state index < -0.39 is 0 Å². The lowest BCUT2D eigenvalue weighted by Gasteiger charge is -2.39. The minimum Gasteiger partial charge on any atom is -0.497 e. The van der Waals surface area contributed by atoms with Crippen molar-refractivity contribution in [3.05, 3.63) is 55.1 Å². The summed E-state index contributed by atoms with van der Waals surface area (Å²) in [4.78, 5) is 0. The second-order valence-corrected chi connectivity index (χ2v) is 5.61. The van der Waals surface area contributed by atoms with Crippen molar-refractivity contribution in [3.8, 4) is 5.75 Å². The molecule has 22 heavy (non-hydrogen) atoms. The van der Waals surface area contributed by atoms with Crippen LogP contribution in [0, 0.1) is 11.8 Å². The molecule has 120 valence electrons. The Morgan fingerprint density at radius 3 is 2.59 bits per heavy atom. The van der Waals surface area contributed by atoms with Crippen LogP contribution in [0.1, 0.15) is 31.6 Å². The van der Waals surface area contributed by atoms with E-state index in [1.807, 2.05) is 36.4 Å². The Hall–Kier alpha value is -1.58. The lowest BCUT2D eigenvalue weighted by atomic mass is 9.84. The molecule has 1 aliphatic rings. The van der Waals surface area contributed by atoms with Crippen molar-refractivity contribution in [1.29, 1.82) is 0 Å². The summed E-state index contributed by atoms with van der Waals surface area (Å²) in [6.45, 7) is 10.7. The summed E-state index contributed by atoms with van der Waals surface area (Å²) in [5.41, 5.74) is 1.01. The summed E-state index contributed by atoms with van der Waals surface area (Å²) in [5.74, 6) is 1.56. The maximum absolute atomic E-state index is 6.20. The molecule has 0 amide bonds. The molecule has 1 aliphatic heterocycles. The van der Waals surface area contributed by atoms with E-state index in [1.54, 1.807) is 7.11 Å². The Kier molecular flexibility index (Phi) is 6.22. The number of hydrogen-bond donors (Lipinski definition) is 0. The summed E-state index contributed by atoms with van der Waals surface area (Å²) in [7, 11) is 1.66. The SMILES string of the molecule is C=CC[C@@H]1O[C@H](c2ccc(OC)cc2)OC[C@H]1[C@H](C=C)CC. The zero-order valence-electron chi connectivity index (χ0n) is 13.5. The van der Waals surface area contributed by atoms with Crippen molar-refractivity contribution in [2.45, 2.75) is 32.2 Å². The molecule has 1 heterocycles. The van der Waals surface area contributed by atoms with Crippen molar-refractivity contribution >= 4 is 0 Å². The Labute approximate surface area is 133 Å². The molecule has 1 aromatic rings. The van der Waals surface area contributed by atoms with Crippen LogP contribution in [0.2, 0.25) is 0 Å². The Bertz CT molecular complexity index is 480. The van der Waals surface area contributed by atoms with E-state index in [1.165, 1.54) is 0 Å². The number of allylic oxidation sites excluding steroid dienone is 1. The Balaban J connectivity index is 2.11. The van der Waals surface area contributed by atoms with E-state index in [0.717, 1.165) is 24.2 Å². The van der Waals surface area contributed by atoms with Gasteiger partial charge in [-0.25, -0.2) is 0 Å². The van der Waals surface area contributed by atoms with Gasteiger partial charge in [-0.15, -0.1) is 13.2 Å². The summed E-state index contributed by atoms with van der Waals surface area (Å²) >= 11 is 0. The first-order valence-corrected chi connectivity index (χ1v) is 7.87. The maximum Gasteiger partial charge on any atom is 0.184 e. The van der Waals surface area contributed by atoms with Crippen LogP contribution in [0.25, 0.3) is 0 Å². The molecule has 3 nitrogen and oxygen atoms in total. The molecule has 0 spiro atoms. The largest absolute Gasteiger partial charge is 0.497 e. The fourth-order valence-electron chi connectivity index (χ4n) is 2.98. The molecule has 0 saturated carbocycles. The average Bonchev–Trinajstić information content (AvgIpc) is 2.57. The molecule has 0 aliphatic carbocycles. The third-order valence-electron chi connectivity index (χ3n) is 4.33. The highest BCUT2D eigenvalue weighted by Crippen LogP contribution is 2.36. The molecule has 1 saturated heterocycles. The van der Waals surface area contributed by atoms with E-state index >= 15 is 0 Å². The minimum atomic E-state index is -0.325. The van der Waals surface area contributed by atoms with Gasteiger partial charge in [0.2, 0.25) is 0 Å². The molecule has 3 heteroatoms. The third-order valence-corrected chi connectivity index (χ3v) is 4.33. The van der Waals surface area contributed by atoms with Gasteiger partial charge in [-0.3, -0.25) is 0 Å². The molecule has 0 bridgehead atoms. The molecular formula is C19H26O3. The molecule has 2 rings (SSSR count). The number of rotatable bonds is 7.